The maximum absolute atomic E-state index is 9.44. The number of hydrogen-bond donors (Lipinski definition) is 3. The lowest BCUT2D eigenvalue weighted by molar-refractivity contribution is 0.150. The van der Waals surface area contributed by atoms with Gasteiger partial charge in [-0.1, -0.05) is 13.8 Å². The molecule has 0 aliphatic carbocycles. The molecule has 4 heteroatoms. The lowest BCUT2D eigenvalue weighted by Gasteiger charge is -2.46. The summed E-state index contributed by atoms with van der Waals surface area (Å²) in [5.41, 5.74) is 6.39. The first-order chi connectivity index (χ1) is 7.79. The van der Waals surface area contributed by atoms with Gasteiger partial charge in [0, 0.05) is 23.9 Å². The van der Waals surface area contributed by atoms with Crippen molar-refractivity contribution >= 4 is 11.8 Å². The van der Waals surface area contributed by atoms with Crippen LogP contribution in [-0.2, 0) is 0 Å². The number of nitrogens with one attached hydrogen (secondary N) is 1. The fraction of sp³-hybridized carbons (Fsp3) is 1.00. The van der Waals surface area contributed by atoms with E-state index in [0.717, 1.165) is 18.6 Å². The van der Waals surface area contributed by atoms with E-state index in [4.69, 9.17) is 5.73 Å². The monoisotopic (exact) mass is 260 g/mol. The average Bonchev–Trinajstić information content (AvgIpc) is 2.14. The highest BCUT2D eigenvalue weighted by atomic mass is 32.2. The van der Waals surface area contributed by atoms with Crippen LogP contribution in [0, 0.1) is 5.41 Å². The van der Waals surface area contributed by atoms with Crippen LogP contribution in [0.1, 0.15) is 40.5 Å². The molecule has 1 heterocycles. The first-order valence-corrected chi connectivity index (χ1v) is 7.68. The van der Waals surface area contributed by atoms with E-state index in [1.165, 1.54) is 5.75 Å². The Kier molecular flexibility index (Phi) is 5.32. The largest absolute Gasteiger partial charge is 0.393 e. The van der Waals surface area contributed by atoms with E-state index in [0.29, 0.717) is 18.0 Å². The Hall–Kier alpha value is 0.230. The number of aliphatic hydroxyl groups excluding tert-OH is 1. The lowest BCUT2D eigenvalue weighted by Crippen LogP contribution is -2.60. The van der Waals surface area contributed by atoms with Crippen LogP contribution in [0.25, 0.3) is 0 Å². The summed E-state index contributed by atoms with van der Waals surface area (Å²) in [5, 5.41) is 13.1. The second-order valence-corrected chi connectivity index (χ2v) is 7.43. The van der Waals surface area contributed by atoms with Gasteiger partial charge in [-0.05, 0) is 37.9 Å². The van der Waals surface area contributed by atoms with Gasteiger partial charge in [0.2, 0.25) is 0 Å². The summed E-state index contributed by atoms with van der Waals surface area (Å²) in [7, 11) is 0. The Labute approximate surface area is 110 Å². The van der Waals surface area contributed by atoms with Crippen molar-refractivity contribution in [3.8, 4) is 0 Å². The molecule has 0 aromatic heterocycles. The SMILES string of the molecule is CC(O)CC(C)NC1(CN)CSCC(C)(C)C1. The molecule has 0 radical (unpaired) electrons. The minimum absolute atomic E-state index is 0.0424. The molecule has 0 amide bonds. The van der Waals surface area contributed by atoms with E-state index >= 15 is 0 Å². The fourth-order valence-corrected chi connectivity index (χ4v) is 4.37. The second kappa shape index (κ2) is 5.91. The molecule has 0 bridgehead atoms. The van der Waals surface area contributed by atoms with Crippen molar-refractivity contribution in [3.63, 3.8) is 0 Å². The summed E-state index contributed by atoms with van der Waals surface area (Å²) in [5.74, 6) is 2.29. The van der Waals surface area contributed by atoms with Crippen LogP contribution in [-0.4, -0.2) is 40.8 Å². The van der Waals surface area contributed by atoms with Gasteiger partial charge in [0.25, 0.3) is 0 Å². The molecule has 1 rings (SSSR count). The van der Waals surface area contributed by atoms with Crippen LogP contribution >= 0.6 is 11.8 Å². The smallest absolute Gasteiger partial charge is 0.0526 e. The summed E-state index contributed by atoms with van der Waals surface area (Å²) in [6, 6.07) is 0.313. The van der Waals surface area contributed by atoms with Crippen molar-refractivity contribution in [1.29, 1.82) is 0 Å². The van der Waals surface area contributed by atoms with E-state index in [2.05, 4.69) is 26.1 Å². The highest BCUT2D eigenvalue weighted by Gasteiger charge is 2.40. The minimum atomic E-state index is -0.253. The molecule has 0 saturated carbocycles. The number of nitrogens with two attached hydrogens (primary N) is 1. The van der Waals surface area contributed by atoms with Crippen LogP contribution in [0.15, 0.2) is 0 Å². The molecule has 1 aliphatic rings. The van der Waals surface area contributed by atoms with Gasteiger partial charge in [-0.2, -0.15) is 11.8 Å². The Morgan fingerprint density at radius 2 is 2.00 bits per heavy atom. The molecular weight excluding hydrogens is 232 g/mol. The van der Waals surface area contributed by atoms with Crippen LogP contribution in [0.3, 0.4) is 0 Å². The van der Waals surface area contributed by atoms with E-state index in [9.17, 15) is 5.11 Å². The number of rotatable bonds is 5. The Balaban J connectivity index is 2.62. The van der Waals surface area contributed by atoms with Gasteiger partial charge < -0.3 is 16.2 Å². The summed E-state index contributed by atoms with van der Waals surface area (Å²) in [6.45, 7) is 9.27. The predicted molar refractivity (Wildman–Crippen MR) is 76.4 cm³/mol. The molecule has 0 aromatic carbocycles. The van der Waals surface area contributed by atoms with E-state index in [1.807, 2.05) is 18.7 Å². The second-order valence-electron chi connectivity index (χ2n) is 6.45. The first kappa shape index (κ1) is 15.3. The Morgan fingerprint density at radius 1 is 1.35 bits per heavy atom. The van der Waals surface area contributed by atoms with Crippen molar-refractivity contribution in [2.75, 3.05) is 18.1 Å². The summed E-state index contributed by atoms with van der Waals surface area (Å²) < 4.78 is 0. The molecule has 3 unspecified atom stereocenters. The number of hydrogen-bond acceptors (Lipinski definition) is 4. The van der Waals surface area contributed by atoms with Gasteiger partial charge >= 0.3 is 0 Å². The highest BCUT2D eigenvalue weighted by Crippen LogP contribution is 2.39. The summed E-state index contributed by atoms with van der Waals surface area (Å²) in [4.78, 5) is 0. The molecule has 1 fully saturated rings. The maximum atomic E-state index is 9.44. The fourth-order valence-electron chi connectivity index (χ4n) is 2.92. The predicted octanol–water partition coefficient (Wildman–Crippen LogP) is 1.60. The Bertz CT molecular complexity index is 246. The maximum Gasteiger partial charge on any atom is 0.0526 e. The topological polar surface area (TPSA) is 58.3 Å². The van der Waals surface area contributed by atoms with Crippen LogP contribution in [0.5, 0.6) is 0 Å². The molecule has 102 valence electrons. The van der Waals surface area contributed by atoms with Crippen LogP contribution in [0.4, 0.5) is 0 Å². The van der Waals surface area contributed by atoms with E-state index in [1.54, 1.807) is 0 Å². The molecule has 17 heavy (non-hydrogen) atoms. The zero-order valence-electron chi connectivity index (χ0n) is 11.6. The van der Waals surface area contributed by atoms with Gasteiger partial charge in [0.05, 0.1) is 6.10 Å². The van der Waals surface area contributed by atoms with Crippen LogP contribution in [0.2, 0.25) is 0 Å². The first-order valence-electron chi connectivity index (χ1n) is 6.52. The zero-order chi connectivity index (χ0) is 13.1. The van der Waals surface area contributed by atoms with Crippen LogP contribution < -0.4 is 11.1 Å². The average molecular weight is 260 g/mol. The molecule has 0 spiro atoms. The summed E-state index contributed by atoms with van der Waals surface area (Å²) in [6.07, 6.45) is 1.65. The standard InChI is InChI=1S/C13H28N2OS/c1-10(5-11(2)16)15-13(7-14)6-12(3,4)8-17-9-13/h10-11,15-16H,5-9,14H2,1-4H3. The quantitative estimate of drug-likeness (QED) is 0.703. The van der Waals surface area contributed by atoms with Crippen molar-refractivity contribution in [1.82, 2.24) is 5.32 Å². The van der Waals surface area contributed by atoms with Gasteiger partial charge in [-0.15, -0.1) is 0 Å². The van der Waals surface area contributed by atoms with Crippen molar-refractivity contribution in [3.05, 3.63) is 0 Å². The van der Waals surface area contributed by atoms with Crippen molar-refractivity contribution < 1.29 is 5.11 Å². The third-order valence-electron chi connectivity index (χ3n) is 3.33. The van der Waals surface area contributed by atoms with Crippen molar-refractivity contribution in [2.24, 2.45) is 11.1 Å². The van der Waals surface area contributed by atoms with Gasteiger partial charge in [-0.3, -0.25) is 0 Å². The zero-order valence-corrected chi connectivity index (χ0v) is 12.4. The van der Waals surface area contributed by atoms with Crippen molar-refractivity contribution in [2.45, 2.75) is 58.2 Å². The molecule has 0 aromatic rings. The molecule has 3 nitrogen and oxygen atoms in total. The third kappa shape index (κ3) is 4.78. The molecule has 1 saturated heterocycles. The summed E-state index contributed by atoms with van der Waals surface area (Å²) >= 11 is 1.99. The minimum Gasteiger partial charge on any atom is -0.393 e. The molecule has 4 N–H and O–H groups in total. The van der Waals surface area contributed by atoms with E-state index < -0.39 is 0 Å². The lowest BCUT2D eigenvalue weighted by atomic mass is 9.79. The molecule has 3 atom stereocenters. The Morgan fingerprint density at radius 3 is 2.47 bits per heavy atom. The molecule has 1 aliphatic heterocycles. The van der Waals surface area contributed by atoms with Gasteiger partial charge in [0.1, 0.15) is 0 Å². The van der Waals surface area contributed by atoms with Gasteiger partial charge in [0.15, 0.2) is 0 Å². The number of aliphatic hydroxyl groups is 1. The van der Waals surface area contributed by atoms with Gasteiger partial charge in [-0.25, -0.2) is 0 Å². The number of thioether (sulfide) groups is 1. The van der Waals surface area contributed by atoms with E-state index in [-0.39, 0.29) is 11.6 Å². The molecular formula is C13H28N2OS. The highest BCUT2D eigenvalue weighted by molar-refractivity contribution is 7.99. The normalized spacial score (nSPS) is 32.1. The third-order valence-corrected chi connectivity index (χ3v) is 5.07.